The number of hydrogen-bond donors (Lipinski definition) is 1. The molecule has 0 aliphatic rings. The molecule has 122 valence electrons. The third-order valence-corrected chi connectivity index (χ3v) is 2.97. The van der Waals surface area contributed by atoms with E-state index in [2.05, 4.69) is 5.32 Å². The van der Waals surface area contributed by atoms with Gasteiger partial charge in [-0.2, -0.15) is 0 Å². The predicted molar refractivity (Wildman–Crippen MR) is 82.0 cm³/mol. The average Bonchev–Trinajstić information content (AvgIpc) is 2.45. The standard InChI is InChI=1S/C16H23FN2O3/c1-12(2)22-15(20)8-10-18-16(21)19(3)11-9-13-4-6-14(17)7-5-13/h4-7,12H,8-11H2,1-3H3,(H,18,21). The van der Waals surface area contributed by atoms with E-state index in [4.69, 9.17) is 4.74 Å². The van der Waals surface area contributed by atoms with Crippen LogP contribution in [0.2, 0.25) is 0 Å². The van der Waals surface area contributed by atoms with Crippen LogP contribution in [0, 0.1) is 5.82 Å². The molecule has 2 amide bonds. The zero-order valence-corrected chi connectivity index (χ0v) is 13.3. The summed E-state index contributed by atoms with van der Waals surface area (Å²) in [6.45, 7) is 4.30. The van der Waals surface area contributed by atoms with Gasteiger partial charge >= 0.3 is 12.0 Å². The van der Waals surface area contributed by atoms with E-state index < -0.39 is 0 Å². The van der Waals surface area contributed by atoms with Crippen molar-refractivity contribution in [3.05, 3.63) is 35.6 Å². The molecule has 0 bridgehead atoms. The van der Waals surface area contributed by atoms with Crippen molar-refractivity contribution in [2.75, 3.05) is 20.1 Å². The molecule has 0 heterocycles. The van der Waals surface area contributed by atoms with Gasteiger partial charge in [0.25, 0.3) is 0 Å². The lowest BCUT2D eigenvalue weighted by Gasteiger charge is -2.18. The van der Waals surface area contributed by atoms with Gasteiger partial charge in [-0.05, 0) is 38.0 Å². The van der Waals surface area contributed by atoms with Gasteiger partial charge in [-0.25, -0.2) is 9.18 Å². The number of benzene rings is 1. The molecular weight excluding hydrogens is 287 g/mol. The molecule has 1 aromatic carbocycles. The van der Waals surface area contributed by atoms with Crippen LogP contribution in [-0.2, 0) is 16.0 Å². The Morgan fingerprint density at radius 2 is 1.91 bits per heavy atom. The minimum atomic E-state index is -0.329. The van der Waals surface area contributed by atoms with Crippen molar-refractivity contribution in [2.24, 2.45) is 0 Å². The van der Waals surface area contributed by atoms with Crippen LogP contribution < -0.4 is 5.32 Å². The lowest BCUT2D eigenvalue weighted by atomic mass is 10.1. The summed E-state index contributed by atoms with van der Waals surface area (Å²) >= 11 is 0. The maximum absolute atomic E-state index is 12.8. The van der Waals surface area contributed by atoms with E-state index in [0.29, 0.717) is 13.0 Å². The van der Waals surface area contributed by atoms with Gasteiger partial charge in [-0.15, -0.1) is 0 Å². The minimum Gasteiger partial charge on any atom is -0.463 e. The van der Waals surface area contributed by atoms with Crippen LogP contribution in [0.3, 0.4) is 0 Å². The van der Waals surface area contributed by atoms with Crippen LogP contribution in [0.25, 0.3) is 0 Å². The highest BCUT2D eigenvalue weighted by Crippen LogP contribution is 2.04. The number of carbonyl (C=O) groups is 2. The number of ether oxygens (including phenoxy) is 1. The van der Waals surface area contributed by atoms with Crippen LogP contribution in [0.5, 0.6) is 0 Å². The fourth-order valence-corrected chi connectivity index (χ4v) is 1.78. The van der Waals surface area contributed by atoms with E-state index in [9.17, 15) is 14.0 Å². The van der Waals surface area contributed by atoms with Gasteiger partial charge in [0.1, 0.15) is 5.82 Å². The SMILES string of the molecule is CC(C)OC(=O)CCNC(=O)N(C)CCc1ccc(F)cc1. The van der Waals surface area contributed by atoms with Crippen LogP contribution in [0.1, 0.15) is 25.8 Å². The van der Waals surface area contributed by atoms with Crippen molar-refractivity contribution in [1.29, 1.82) is 0 Å². The molecule has 0 unspecified atom stereocenters. The second-order valence-electron chi connectivity index (χ2n) is 5.32. The Morgan fingerprint density at radius 1 is 1.27 bits per heavy atom. The van der Waals surface area contributed by atoms with E-state index in [1.807, 2.05) is 0 Å². The van der Waals surface area contributed by atoms with E-state index in [-0.39, 0.29) is 36.9 Å². The summed E-state index contributed by atoms with van der Waals surface area (Å²) in [5.74, 6) is -0.604. The highest BCUT2D eigenvalue weighted by molar-refractivity contribution is 5.75. The van der Waals surface area contributed by atoms with Crippen molar-refractivity contribution in [1.82, 2.24) is 10.2 Å². The molecule has 1 N–H and O–H groups in total. The van der Waals surface area contributed by atoms with E-state index in [1.165, 1.54) is 17.0 Å². The molecule has 1 rings (SSSR count). The molecule has 5 nitrogen and oxygen atoms in total. The zero-order chi connectivity index (χ0) is 16.5. The molecule has 0 saturated carbocycles. The summed E-state index contributed by atoms with van der Waals surface area (Å²) in [6.07, 6.45) is 0.636. The summed E-state index contributed by atoms with van der Waals surface area (Å²) in [5.41, 5.74) is 0.960. The topological polar surface area (TPSA) is 58.6 Å². The number of hydrogen-bond acceptors (Lipinski definition) is 3. The smallest absolute Gasteiger partial charge is 0.317 e. The first-order valence-corrected chi connectivity index (χ1v) is 7.31. The molecule has 1 aromatic rings. The van der Waals surface area contributed by atoms with Gasteiger partial charge < -0.3 is 15.0 Å². The van der Waals surface area contributed by atoms with Crippen molar-refractivity contribution < 1.29 is 18.7 Å². The summed E-state index contributed by atoms with van der Waals surface area (Å²) in [6, 6.07) is 5.94. The molecule has 6 heteroatoms. The van der Waals surface area contributed by atoms with Crippen LogP contribution >= 0.6 is 0 Å². The molecule has 0 radical (unpaired) electrons. The molecule has 0 aliphatic heterocycles. The molecular formula is C16H23FN2O3. The highest BCUT2D eigenvalue weighted by atomic mass is 19.1. The van der Waals surface area contributed by atoms with Crippen molar-refractivity contribution in [3.8, 4) is 0 Å². The van der Waals surface area contributed by atoms with E-state index >= 15 is 0 Å². The number of rotatable bonds is 7. The zero-order valence-electron chi connectivity index (χ0n) is 13.3. The van der Waals surface area contributed by atoms with Crippen molar-refractivity contribution >= 4 is 12.0 Å². The normalized spacial score (nSPS) is 10.4. The van der Waals surface area contributed by atoms with Crippen molar-refractivity contribution in [3.63, 3.8) is 0 Å². The monoisotopic (exact) mass is 310 g/mol. The Morgan fingerprint density at radius 3 is 2.50 bits per heavy atom. The quantitative estimate of drug-likeness (QED) is 0.787. The number of carbonyl (C=O) groups excluding carboxylic acids is 2. The predicted octanol–water partition coefficient (Wildman–Crippen LogP) is 2.35. The summed E-state index contributed by atoms with van der Waals surface area (Å²) in [5, 5.41) is 2.66. The molecule has 0 spiro atoms. The van der Waals surface area contributed by atoms with Gasteiger partial charge in [0.15, 0.2) is 0 Å². The van der Waals surface area contributed by atoms with Crippen LogP contribution in [-0.4, -0.2) is 43.1 Å². The highest BCUT2D eigenvalue weighted by Gasteiger charge is 2.10. The third-order valence-electron chi connectivity index (χ3n) is 2.97. The summed E-state index contributed by atoms with van der Waals surface area (Å²) in [7, 11) is 1.67. The first kappa shape index (κ1) is 17.9. The second kappa shape index (κ2) is 9.02. The van der Waals surface area contributed by atoms with Crippen LogP contribution in [0.4, 0.5) is 9.18 Å². The molecule has 22 heavy (non-hydrogen) atoms. The third kappa shape index (κ3) is 7.06. The maximum atomic E-state index is 12.8. The van der Waals surface area contributed by atoms with E-state index in [0.717, 1.165) is 5.56 Å². The van der Waals surface area contributed by atoms with Gasteiger partial charge in [-0.3, -0.25) is 4.79 Å². The Bertz CT molecular complexity index is 489. The first-order valence-electron chi connectivity index (χ1n) is 7.31. The fraction of sp³-hybridized carbons (Fsp3) is 0.500. The fourth-order valence-electron chi connectivity index (χ4n) is 1.78. The largest absolute Gasteiger partial charge is 0.463 e. The van der Waals surface area contributed by atoms with Crippen molar-refractivity contribution in [2.45, 2.75) is 32.8 Å². The maximum Gasteiger partial charge on any atom is 0.317 e. The Balaban J connectivity index is 2.24. The van der Waals surface area contributed by atoms with E-state index in [1.54, 1.807) is 33.0 Å². The van der Waals surface area contributed by atoms with Gasteiger partial charge in [0, 0.05) is 20.1 Å². The number of urea groups is 1. The summed E-state index contributed by atoms with van der Waals surface area (Å²) in [4.78, 5) is 24.7. The molecule has 0 saturated heterocycles. The Labute approximate surface area is 130 Å². The number of amides is 2. The summed E-state index contributed by atoms with van der Waals surface area (Å²) < 4.78 is 17.8. The minimum absolute atomic E-state index is 0.149. The number of esters is 1. The lowest BCUT2D eigenvalue weighted by Crippen LogP contribution is -2.39. The Kier molecular flexibility index (Phi) is 7.36. The molecule has 0 fully saturated rings. The van der Waals surface area contributed by atoms with Gasteiger partial charge in [0.2, 0.25) is 0 Å². The molecule has 0 aromatic heterocycles. The van der Waals surface area contributed by atoms with Crippen LogP contribution in [0.15, 0.2) is 24.3 Å². The number of nitrogens with zero attached hydrogens (tertiary/aromatic N) is 1. The Hall–Kier alpha value is -2.11. The number of likely N-dealkylation sites (N-methyl/N-ethyl adjacent to an activating group) is 1. The first-order chi connectivity index (χ1) is 10.4. The molecule has 0 aliphatic carbocycles. The number of nitrogens with one attached hydrogen (secondary N) is 1. The second-order valence-corrected chi connectivity index (χ2v) is 5.32. The number of halogens is 1. The van der Waals surface area contributed by atoms with Gasteiger partial charge in [-0.1, -0.05) is 12.1 Å². The average molecular weight is 310 g/mol. The lowest BCUT2D eigenvalue weighted by molar-refractivity contribution is -0.147. The molecule has 0 atom stereocenters. The van der Waals surface area contributed by atoms with Gasteiger partial charge in [0.05, 0.1) is 12.5 Å².